The predicted octanol–water partition coefficient (Wildman–Crippen LogP) is 4.03. The fraction of sp³-hybridized carbons (Fsp3) is 0.640. The molecular formula is C25H34N2O3. The Balaban J connectivity index is 1.16. The van der Waals surface area contributed by atoms with Gasteiger partial charge < -0.3 is 14.4 Å². The first kappa shape index (κ1) is 20.1. The van der Waals surface area contributed by atoms with E-state index >= 15 is 0 Å². The second-order valence-electron chi connectivity index (χ2n) is 9.70. The Hall–Kier alpha value is -1.85. The summed E-state index contributed by atoms with van der Waals surface area (Å²) in [6.07, 6.45) is 10.1. The van der Waals surface area contributed by atoms with Gasteiger partial charge in [-0.1, -0.05) is 30.7 Å². The van der Waals surface area contributed by atoms with Crippen molar-refractivity contribution in [2.75, 3.05) is 37.8 Å². The number of rotatable bonds is 8. The molecule has 162 valence electrons. The highest BCUT2D eigenvalue weighted by Crippen LogP contribution is 2.39. The number of hydrogen-bond donors (Lipinski definition) is 0. The monoisotopic (exact) mass is 410 g/mol. The number of hydrogen-bond acceptors (Lipinski definition) is 4. The molecule has 3 fully saturated rings. The number of fused-ring (bicyclic) bond motifs is 3. The normalized spacial score (nSPS) is 28.5. The summed E-state index contributed by atoms with van der Waals surface area (Å²) in [4.78, 5) is 17.2. The smallest absolute Gasteiger partial charge is 0.265 e. The van der Waals surface area contributed by atoms with Gasteiger partial charge in [0.25, 0.3) is 5.91 Å². The average Bonchev–Trinajstić information content (AvgIpc) is 3.54. The van der Waals surface area contributed by atoms with E-state index in [0.29, 0.717) is 18.0 Å². The molecule has 1 aliphatic carbocycles. The van der Waals surface area contributed by atoms with E-state index in [4.69, 9.17) is 9.47 Å². The molecular weight excluding hydrogens is 376 g/mol. The first-order chi connectivity index (χ1) is 14.7. The third-order valence-electron chi connectivity index (χ3n) is 7.13. The van der Waals surface area contributed by atoms with Crippen molar-refractivity contribution in [3.63, 3.8) is 0 Å². The average molecular weight is 411 g/mol. The van der Waals surface area contributed by atoms with Gasteiger partial charge in [0.1, 0.15) is 5.75 Å². The Bertz CT molecular complexity index is 787. The van der Waals surface area contributed by atoms with Crippen molar-refractivity contribution in [3.8, 4) is 5.75 Å². The molecule has 2 saturated heterocycles. The Morgan fingerprint density at radius 2 is 1.90 bits per heavy atom. The first-order valence-electron chi connectivity index (χ1n) is 11.7. The van der Waals surface area contributed by atoms with Gasteiger partial charge in [0.15, 0.2) is 6.61 Å². The number of anilines is 1. The largest absolute Gasteiger partial charge is 0.482 e. The van der Waals surface area contributed by atoms with Gasteiger partial charge in [0.05, 0.1) is 12.3 Å². The van der Waals surface area contributed by atoms with E-state index in [1.54, 1.807) is 5.57 Å². The lowest BCUT2D eigenvalue weighted by atomic mass is 9.95. The molecule has 4 aliphatic rings. The van der Waals surface area contributed by atoms with E-state index < -0.39 is 0 Å². The molecule has 0 N–H and O–H groups in total. The Morgan fingerprint density at radius 3 is 2.67 bits per heavy atom. The van der Waals surface area contributed by atoms with E-state index in [9.17, 15) is 4.79 Å². The molecule has 1 saturated carbocycles. The van der Waals surface area contributed by atoms with Crippen LogP contribution in [0.15, 0.2) is 35.9 Å². The lowest BCUT2D eigenvalue weighted by Crippen LogP contribution is -2.47. The quantitative estimate of drug-likeness (QED) is 0.479. The number of carbonyl (C=O) groups is 1. The van der Waals surface area contributed by atoms with Crippen LogP contribution in [0.1, 0.15) is 45.4 Å². The Labute approximate surface area is 180 Å². The highest BCUT2D eigenvalue weighted by molar-refractivity contribution is 5.97. The van der Waals surface area contributed by atoms with Gasteiger partial charge in [-0.3, -0.25) is 9.69 Å². The standard InChI is InChI=1S/C25H34N2O3/c1-18(15-27-23-4-2-3-5-24(23)30-17-25(27)28)14-26-21-8-9-22(26)13-20(12-21)10-11-29-16-19-6-7-19/h2-5,10,18-19,21-22H,6-9,11-17H2,1H3/t18-,21+,22?/m1/s1. The first-order valence-corrected chi connectivity index (χ1v) is 11.7. The number of benzene rings is 1. The summed E-state index contributed by atoms with van der Waals surface area (Å²) < 4.78 is 11.4. The molecule has 5 heteroatoms. The molecule has 2 bridgehead atoms. The maximum atomic E-state index is 12.5. The molecule has 1 aromatic rings. The van der Waals surface area contributed by atoms with Crippen LogP contribution in [-0.2, 0) is 9.53 Å². The van der Waals surface area contributed by atoms with Crippen molar-refractivity contribution in [3.05, 3.63) is 35.9 Å². The molecule has 1 aromatic carbocycles. The number of amides is 1. The third-order valence-corrected chi connectivity index (χ3v) is 7.13. The summed E-state index contributed by atoms with van der Waals surface area (Å²) in [5.41, 5.74) is 2.51. The van der Waals surface area contributed by atoms with Crippen LogP contribution >= 0.6 is 0 Å². The number of para-hydroxylation sites is 2. The van der Waals surface area contributed by atoms with Crippen LogP contribution in [0.3, 0.4) is 0 Å². The van der Waals surface area contributed by atoms with E-state index in [1.165, 1.54) is 38.5 Å². The van der Waals surface area contributed by atoms with Crippen LogP contribution in [0.25, 0.3) is 0 Å². The highest BCUT2D eigenvalue weighted by atomic mass is 16.5. The third kappa shape index (κ3) is 4.42. The fourth-order valence-electron chi connectivity index (χ4n) is 5.39. The van der Waals surface area contributed by atoms with Gasteiger partial charge in [-0.2, -0.15) is 0 Å². The summed E-state index contributed by atoms with van der Waals surface area (Å²) in [7, 11) is 0. The fourth-order valence-corrected chi connectivity index (χ4v) is 5.39. The number of nitrogens with zero attached hydrogens (tertiary/aromatic N) is 2. The molecule has 0 spiro atoms. The van der Waals surface area contributed by atoms with Gasteiger partial charge in [-0.25, -0.2) is 0 Å². The minimum Gasteiger partial charge on any atom is -0.482 e. The van der Waals surface area contributed by atoms with Gasteiger partial charge in [-0.05, 0) is 62.5 Å². The summed E-state index contributed by atoms with van der Waals surface area (Å²) in [5.74, 6) is 2.16. The molecule has 3 heterocycles. The number of piperidine rings is 1. The second-order valence-corrected chi connectivity index (χ2v) is 9.70. The molecule has 5 rings (SSSR count). The van der Waals surface area contributed by atoms with E-state index in [-0.39, 0.29) is 12.5 Å². The van der Waals surface area contributed by atoms with E-state index in [2.05, 4.69) is 17.9 Å². The van der Waals surface area contributed by atoms with Gasteiger partial charge in [-0.15, -0.1) is 0 Å². The minimum atomic E-state index is 0.0681. The summed E-state index contributed by atoms with van der Waals surface area (Å²) >= 11 is 0. The molecule has 5 nitrogen and oxygen atoms in total. The molecule has 3 atom stereocenters. The number of carbonyl (C=O) groups excluding carboxylic acids is 1. The van der Waals surface area contributed by atoms with Crippen molar-refractivity contribution < 1.29 is 14.3 Å². The van der Waals surface area contributed by atoms with E-state index in [0.717, 1.165) is 43.7 Å². The SMILES string of the molecule is C[C@@H](CN1C(=O)COc2ccccc21)CN1C2CC[C@H]1CC(=CCOCC1CC1)C2. The maximum Gasteiger partial charge on any atom is 0.265 e. The zero-order valence-electron chi connectivity index (χ0n) is 18.1. The molecule has 30 heavy (non-hydrogen) atoms. The summed E-state index contributed by atoms with van der Waals surface area (Å²) in [5, 5.41) is 0. The van der Waals surface area contributed by atoms with Gasteiger partial charge in [0, 0.05) is 31.8 Å². The van der Waals surface area contributed by atoms with Gasteiger partial charge >= 0.3 is 0 Å². The molecule has 1 amide bonds. The lowest BCUT2D eigenvalue weighted by Gasteiger charge is -2.39. The minimum absolute atomic E-state index is 0.0681. The van der Waals surface area contributed by atoms with Crippen LogP contribution in [0.2, 0.25) is 0 Å². The highest BCUT2D eigenvalue weighted by Gasteiger charge is 2.39. The van der Waals surface area contributed by atoms with Crippen LogP contribution in [0, 0.1) is 11.8 Å². The second kappa shape index (κ2) is 8.72. The number of ether oxygens (including phenoxy) is 2. The summed E-state index contributed by atoms with van der Waals surface area (Å²) in [6.45, 7) is 5.99. The zero-order valence-corrected chi connectivity index (χ0v) is 18.1. The summed E-state index contributed by atoms with van der Waals surface area (Å²) in [6, 6.07) is 9.20. The molecule has 0 aromatic heterocycles. The van der Waals surface area contributed by atoms with Crippen molar-refractivity contribution in [1.29, 1.82) is 0 Å². The maximum absolute atomic E-state index is 12.5. The topological polar surface area (TPSA) is 42.0 Å². The van der Waals surface area contributed by atoms with Crippen LogP contribution < -0.4 is 9.64 Å². The zero-order chi connectivity index (χ0) is 20.5. The van der Waals surface area contributed by atoms with Crippen molar-refractivity contribution in [2.24, 2.45) is 11.8 Å². The molecule has 1 unspecified atom stereocenters. The lowest BCUT2D eigenvalue weighted by molar-refractivity contribution is -0.121. The van der Waals surface area contributed by atoms with Crippen LogP contribution in [0.4, 0.5) is 5.69 Å². The Kier molecular flexibility index (Phi) is 5.83. The Morgan fingerprint density at radius 1 is 1.13 bits per heavy atom. The van der Waals surface area contributed by atoms with Crippen molar-refractivity contribution in [2.45, 2.75) is 57.5 Å². The molecule has 0 radical (unpaired) electrons. The van der Waals surface area contributed by atoms with Crippen molar-refractivity contribution in [1.82, 2.24) is 4.90 Å². The van der Waals surface area contributed by atoms with E-state index in [1.807, 2.05) is 29.2 Å². The van der Waals surface area contributed by atoms with Crippen LogP contribution in [-0.4, -0.2) is 55.8 Å². The van der Waals surface area contributed by atoms with Gasteiger partial charge in [0.2, 0.25) is 0 Å². The molecule has 3 aliphatic heterocycles. The van der Waals surface area contributed by atoms with Crippen LogP contribution in [0.5, 0.6) is 5.75 Å². The van der Waals surface area contributed by atoms with Crippen molar-refractivity contribution >= 4 is 11.6 Å². The predicted molar refractivity (Wildman–Crippen MR) is 118 cm³/mol.